The summed E-state index contributed by atoms with van der Waals surface area (Å²) in [5.41, 5.74) is 0. The Morgan fingerprint density at radius 2 is 1.74 bits per heavy atom. The second-order valence-electron chi connectivity index (χ2n) is 6.00. The summed E-state index contributed by atoms with van der Waals surface area (Å²) in [4.78, 5) is 4.19. The largest absolute Gasteiger partial charge is 0.355 e. The van der Waals surface area contributed by atoms with E-state index in [1.165, 1.54) is 17.1 Å². The summed E-state index contributed by atoms with van der Waals surface area (Å²) in [5, 5.41) is 6.52. The van der Waals surface area contributed by atoms with Crippen molar-refractivity contribution >= 4 is 40.0 Å². The maximum Gasteiger partial charge on any atom is 0.215 e. The Morgan fingerprint density at radius 3 is 2.22 bits per heavy atom. The van der Waals surface area contributed by atoms with E-state index in [1.807, 2.05) is 13.8 Å². The van der Waals surface area contributed by atoms with E-state index in [0.717, 1.165) is 18.8 Å². The molecule has 2 N–H and O–H groups in total. The normalized spacial score (nSPS) is 22.6. The van der Waals surface area contributed by atoms with Crippen LogP contribution in [0.25, 0.3) is 0 Å². The Morgan fingerprint density at radius 1 is 1.17 bits per heavy atom. The van der Waals surface area contributed by atoms with Crippen LogP contribution in [0.3, 0.4) is 0 Å². The van der Waals surface area contributed by atoms with Gasteiger partial charge in [0, 0.05) is 32.7 Å². The summed E-state index contributed by atoms with van der Waals surface area (Å²) in [6.07, 6.45) is 4.79. The Balaban J connectivity index is 0.00000484. The molecular formula is C15H33IN4O2S. The van der Waals surface area contributed by atoms with Crippen LogP contribution in [0.1, 0.15) is 46.5 Å². The Hall–Kier alpha value is -0.0900. The summed E-state index contributed by atoms with van der Waals surface area (Å²) in [6, 6.07) is 0.446. The topological polar surface area (TPSA) is 73.8 Å². The van der Waals surface area contributed by atoms with Crippen LogP contribution < -0.4 is 10.6 Å². The third kappa shape index (κ3) is 8.02. The maximum atomic E-state index is 12.1. The molecule has 0 unspecified atom stereocenters. The molecule has 0 aromatic rings. The Bertz CT molecular complexity index is 444. The van der Waals surface area contributed by atoms with Crippen molar-refractivity contribution in [3.05, 3.63) is 0 Å². The summed E-state index contributed by atoms with van der Waals surface area (Å²) >= 11 is 0. The van der Waals surface area contributed by atoms with Gasteiger partial charge in [-0.25, -0.2) is 12.7 Å². The van der Waals surface area contributed by atoms with E-state index in [4.69, 9.17) is 0 Å². The smallest absolute Gasteiger partial charge is 0.215 e. The fourth-order valence-corrected chi connectivity index (χ4v) is 4.24. The molecule has 1 aliphatic carbocycles. The van der Waals surface area contributed by atoms with Gasteiger partial charge in [-0.15, -0.1) is 24.0 Å². The first-order chi connectivity index (χ1) is 10.4. The Kier molecular flexibility index (Phi) is 11.4. The SMILES string of the molecule is CCN(CC)S(=O)(=O)CCNC(=NC)NC1CCC(C)CC1.I. The molecule has 1 fully saturated rings. The van der Waals surface area contributed by atoms with Gasteiger partial charge in [-0.2, -0.15) is 0 Å². The lowest BCUT2D eigenvalue weighted by Crippen LogP contribution is -2.46. The van der Waals surface area contributed by atoms with Crippen molar-refractivity contribution in [2.75, 3.05) is 32.4 Å². The van der Waals surface area contributed by atoms with E-state index in [1.54, 1.807) is 7.05 Å². The summed E-state index contributed by atoms with van der Waals surface area (Å²) in [6.45, 7) is 7.43. The lowest BCUT2D eigenvalue weighted by atomic mass is 9.87. The highest BCUT2D eigenvalue weighted by atomic mass is 127. The molecule has 0 heterocycles. The van der Waals surface area contributed by atoms with Gasteiger partial charge in [0.2, 0.25) is 10.0 Å². The number of sulfonamides is 1. The molecule has 6 nitrogen and oxygen atoms in total. The molecule has 0 bridgehead atoms. The van der Waals surface area contributed by atoms with Gasteiger partial charge in [-0.3, -0.25) is 4.99 Å². The Labute approximate surface area is 159 Å². The van der Waals surface area contributed by atoms with E-state index in [0.29, 0.717) is 31.6 Å². The molecule has 138 valence electrons. The highest BCUT2D eigenvalue weighted by Crippen LogP contribution is 2.23. The number of hydrogen-bond donors (Lipinski definition) is 2. The monoisotopic (exact) mass is 460 g/mol. The zero-order chi connectivity index (χ0) is 16.6. The number of nitrogens with zero attached hydrogens (tertiary/aromatic N) is 2. The third-order valence-electron chi connectivity index (χ3n) is 4.33. The molecule has 0 amide bonds. The molecule has 1 saturated carbocycles. The van der Waals surface area contributed by atoms with E-state index in [9.17, 15) is 8.42 Å². The van der Waals surface area contributed by atoms with Gasteiger partial charge in [0.15, 0.2) is 5.96 Å². The molecule has 0 aliphatic heterocycles. The van der Waals surface area contributed by atoms with Gasteiger partial charge in [0.05, 0.1) is 5.75 Å². The van der Waals surface area contributed by atoms with Gasteiger partial charge >= 0.3 is 0 Å². The number of halogens is 1. The van der Waals surface area contributed by atoms with Crippen LogP contribution in [0.2, 0.25) is 0 Å². The van der Waals surface area contributed by atoms with Gasteiger partial charge in [-0.05, 0) is 31.6 Å². The van der Waals surface area contributed by atoms with Gasteiger partial charge in [-0.1, -0.05) is 20.8 Å². The first kappa shape index (κ1) is 22.9. The van der Waals surface area contributed by atoms with Crippen LogP contribution >= 0.6 is 24.0 Å². The number of aliphatic imine (C=N–C) groups is 1. The molecule has 0 aromatic carbocycles. The minimum absolute atomic E-state index is 0. The fourth-order valence-electron chi connectivity index (χ4n) is 2.84. The van der Waals surface area contributed by atoms with E-state index >= 15 is 0 Å². The molecule has 8 heteroatoms. The predicted molar refractivity (Wildman–Crippen MR) is 108 cm³/mol. The van der Waals surface area contributed by atoms with Crippen molar-refractivity contribution in [1.29, 1.82) is 0 Å². The second-order valence-corrected chi connectivity index (χ2v) is 8.09. The lowest BCUT2D eigenvalue weighted by molar-refractivity contribution is 0.329. The highest BCUT2D eigenvalue weighted by Gasteiger charge is 2.20. The van der Waals surface area contributed by atoms with Crippen LogP contribution in [0.15, 0.2) is 4.99 Å². The van der Waals surface area contributed by atoms with Crippen LogP contribution in [0, 0.1) is 5.92 Å². The van der Waals surface area contributed by atoms with E-state index in [2.05, 4.69) is 22.5 Å². The summed E-state index contributed by atoms with van der Waals surface area (Å²) in [5.74, 6) is 1.61. The van der Waals surface area contributed by atoms with Gasteiger partial charge in [0.1, 0.15) is 0 Å². The molecule has 1 aliphatic rings. The molecule has 0 saturated heterocycles. The zero-order valence-electron chi connectivity index (χ0n) is 14.8. The fraction of sp³-hybridized carbons (Fsp3) is 0.933. The molecule has 1 rings (SSSR count). The second kappa shape index (κ2) is 11.5. The van der Waals surface area contributed by atoms with Crippen molar-refractivity contribution in [3.8, 4) is 0 Å². The van der Waals surface area contributed by atoms with Gasteiger partial charge < -0.3 is 10.6 Å². The molecule has 0 spiro atoms. The standard InChI is InChI=1S/C15H32N4O2S.HI/c1-5-19(6-2)22(20,21)12-11-17-15(16-4)18-14-9-7-13(3)8-10-14;/h13-14H,5-12H2,1-4H3,(H2,16,17,18);1H. The number of hydrogen-bond acceptors (Lipinski definition) is 3. The highest BCUT2D eigenvalue weighted by molar-refractivity contribution is 14.0. The van der Waals surface area contributed by atoms with Crippen LogP contribution in [-0.4, -0.2) is 57.2 Å². The van der Waals surface area contributed by atoms with Crippen LogP contribution in [-0.2, 0) is 10.0 Å². The summed E-state index contributed by atoms with van der Waals surface area (Å²) in [7, 11) is -1.46. The van der Waals surface area contributed by atoms with E-state index < -0.39 is 10.0 Å². The van der Waals surface area contributed by atoms with Crippen LogP contribution in [0.4, 0.5) is 0 Å². The van der Waals surface area contributed by atoms with Crippen molar-refractivity contribution < 1.29 is 8.42 Å². The van der Waals surface area contributed by atoms with Crippen molar-refractivity contribution in [3.63, 3.8) is 0 Å². The first-order valence-electron chi connectivity index (χ1n) is 8.37. The predicted octanol–water partition coefficient (Wildman–Crippen LogP) is 2.02. The zero-order valence-corrected chi connectivity index (χ0v) is 18.0. The minimum Gasteiger partial charge on any atom is -0.355 e. The molecule has 0 radical (unpaired) electrons. The maximum absolute atomic E-state index is 12.1. The van der Waals surface area contributed by atoms with E-state index in [-0.39, 0.29) is 29.7 Å². The average molecular weight is 460 g/mol. The van der Waals surface area contributed by atoms with Crippen molar-refractivity contribution in [2.45, 2.75) is 52.5 Å². The summed E-state index contributed by atoms with van der Waals surface area (Å²) < 4.78 is 25.7. The molecule has 23 heavy (non-hydrogen) atoms. The average Bonchev–Trinajstić information content (AvgIpc) is 2.49. The minimum atomic E-state index is -3.18. The number of nitrogens with one attached hydrogen (secondary N) is 2. The van der Waals surface area contributed by atoms with Gasteiger partial charge in [0.25, 0.3) is 0 Å². The van der Waals surface area contributed by atoms with Crippen molar-refractivity contribution in [1.82, 2.24) is 14.9 Å². The number of guanidine groups is 1. The molecule has 0 aromatic heterocycles. The number of rotatable bonds is 7. The molecule has 0 atom stereocenters. The van der Waals surface area contributed by atoms with Crippen molar-refractivity contribution in [2.24, 2.45) is 10.9 Å². The van der Waals surface area contributed by atoms with Crippen LogP contribution in [0.5, 0.6) is 0 Å². The third-order valence-corrected chi connectivity index (χ3v) is 6.35. The first-order valence-corrected chi connectivity index (χ1v) is 9.98. The quantitative estimate of drug-likeness (QED) is 0.347. The lowest BCUT2D eigenvalue weighted by Gasteiger charge is -2.28. The molecular weight excluding hydrogens is 427 g/mol.